The van der Waals surface area contributed by atoms with E-state index in [9.17, 15) is 9.90 Å². The van der Waals surface area contributed by atoms with E-state index in [-0.39, 0.29) is 11.4 Å². The molecule has 0 saturated heterocycles. The number of fused-ring (bicyclic) bond motifs is 2. The van der Waals surface area contributed by atoms with Gasteiger partial charge in [-0.3, -0.25) is 4.79 Å². The first-order chi connectivity index (χ1) is 11.5. The fraction of sp³-hybridized carbons (Fsp3) is 0.0588. The molecule has 0 unspecified atom stereocenters. The van der Waals surface area contributed by atoms with Crippen molar-refractivity contribution in [3.05, 3.63) is 74.0 Å². The van der Waals surface area contributed by atoms with Crippen LogP contribution in [0.1, 0.15) is 11.1 Å². The highest BCUT2D eigenvalue weighted by Crippen LogP contribution is 2.36. The van der Waals surface area contributed by atoms with E-state index in [0.717, 1.165) is 15.9 Å². The molecule has 2 heterocycles. The zero-order valence-electron chi connectivity index (χ0n) is 12.3. The van der Waals surface area contributed by atoms with Crippen molar-refractivity contribution in [1.29, 1.82) is 0 Å². The quantitative estimate of drug-likeness (QED) is 0.540. The van der Waals surface area contributed by atoms with Crippen LogP contribution in [0.4, 0.5) is 11.4 Å². The number of rotatable bonds is 1. The van der Waals surface area contributed by atoms with Gasteiger partial charge in [-0.15, -0.1) is 5.10 Å². The zero-order chi connectivity index (χ0) is 16.8. The Kier molecular flexibility index (Phi) is 3.48. The van der Waals surface area contributed by atoms with Crippen molar-refractivity contribution in [2.75, 3.05) is 5.32 Å². The first kappa shape index (κ1) is 15.1. The lowest BCUT2D eigenvalue weighted by Crippen LogP contribution is -2.28. The third kappa shape index (κ3) is 2.42. The van der Waals surface area contributed by atoms with E-state index >= 15 is 0 Å². The molecule has 2 N–H and O–H groups in total. The zero-order valence-corrected chi connectivity index (χ0v) is 13.8. The molecule has 4 rings (SSSR count). The molecular weight excluding hydrogens is 349 g/mol. The van der Waals surface area contributed by atoms with Crippen LogP contribution in [0.25, 0.3) is 5.69 Å². The fourth-order valence-electron chi connectivity index (χ4n) is 2.78. The summed E-state index contributed by atoms with van der Waals surface area (Å²) < 4.78 is 1.16. The summed E-state index contributed by atoms with van der Waals surface area (Å²) in [5.74, 6) is -0.254. The van der Waals surface area contributed by atoms with Crippen LogP contribution in [0, 0.1) is 0 Å². The molecule has 0 aliphatic carbocycles. The van der Waals surface area contributed by atoms with Crippen LogP contribution in [-0.2, 0) is 6.42 Å². The van der Waals surface area contributed by atoms with Crippen LogP contribution in [0.5, 0.6) is 5.88 Å². The Labute approximate surface area is 147 Å². The Morgan fingerprint density at radius 2 is 1.92 bits per heavy atom. The highest BCUT2D eigenvalue weighted by molar-refractivity contribution is 6.31. The van der Waals surface area contributed by atoms with Crippen molar-refractivity contribution in [2.24, 2.45) is 0 Å². The second-order valence-electron chi connectivity index (χ2n) is 5.48. The smallest absolute Gasteiger partial charge is 0.277 e. The average Bonchev–Trinajstić information content (AvgIpc) is 2.56. The average molecular weight is 360 g/mol. The number of aromatic hydroxyl groups is 1. The first-order valence-electron chi connectivity index (χ1n) is 7.19. The van der Waals surface area contributed by atoms with Crippen LogP contribution in [0.15, 0.2) is 47.3 Å². The van der Waals surface area contributed by atoms with Gasteiger partial charge < -0.3 is 10.4 Å². The minimum atomic E-state index is -0.307. The Morgan fingerprint density at radius 1 is 1.12 bits per heavy atom. The van der Waals surface area contributed by atoms with Crippen molar-refractivity contribution < 1.29 is 5.11 Å². The molecular formula is C17H11Cl2N3O2. The lowest BCUT2D eigenvalue weighted by molar-refractivity contribution is 0.437. The summed E-state index contributed by atoms with van der Waals surface area (Å²) in [6.07, 6.45) is 0.379. The highest BCUT2D eigenvalue weighted by Gasteiger charge is 2.24. The van der Waals surface area contributed by atoms with Gasteiger partial charge in [0.15, 0.2) is 0 Å². The number of hydrogen-bond acceptors (Lipinski definition) is 4. The maximum atomic E-state index is 12.8. The minimum Gasteiger partial charge on any atom is -0.491 e. The van der Waals surface area contributed by atoms with E-state index in [1.807, 2.05) is 6.07 Å². The van der Waals surface area contributed by atoms with E-state index in [4.69, 9.17) is 23.2 Å². The minimum absolute atomic E-state index is 0.254. The number of aromatic nitrogens is 2. The van der Waals surface area contributed by atoms with Crippen molar-refractivity contribution >= 4 is 34.6 Å². The van der Waals surface area contributed by atoms with Crippen molar-refractivity contribution in [3.8, 4) is 11.6 Å². The molecule has 5 nitrogen and oxygen atoms in total. The van der Waals surface area contributed by atoms with Crippen LogP contribution in [-0.4, -0.2) is 14.9 Å². The number of benzene rings is 2. The summed E-state index contributed by atoms with van der Waals surface area (Å²) in [5.41, 5.74) is 2.62. The lowest BCUT2D eigenvalue weighted by Gasteiger charge is -2.22. The maximum Gasteiger partial charge on any atom is 0.277 e. The Bertz CT molecular complexity index is 1030. The van der Waals surface area contributed by atoms with E-state index < -0.39 is 0 Å². The number of nitrogens with one attached hydrogen (secondary N) is 1. The molecule has 1 aliphatic rings. The number of hydrogen-bond donors (Lipinski definition) is 2. The molecule has 1 aromatic heterocycles. The molecule has 7 heteroatoms. The summed E-state index contributed by atoms with van der Waals surface area (Å²) in [7, 11) is 0. The topological polar surface area (TPSA) is 67.1 Å². The van der Waals surface area contributed by atoms with E-state index in [1.54, 1.807) is 36.4 Å². The highest BCUT2D eigenvalue weighted by atomic mass is 35.5. The van der Waals surface area contributed by atoms with Gasteiger partial charge in [0.25, 0.3) is 11.4 Å². The largest absolute Gasteiger partial charge is 0.491 e. The maximum absolute atomic E-state index is 12.8. The summed E-state index contributed by atoms with van der Waals surface area (Å²) in [6.45, 7) is 0. The van der Waals surface area contributed by atoms with Gasteiger partial charge in [0.1, 0.15) is 5.69 Å². The SMILES string of the molecule is O=c1c2c(c(O)nn1-c1cccc(Cl)c1)Nc1cc(Cl)ccc1C2. The molecule has 120 valence electrons. The molecule has 0 saturated carbocycles. The molecule has 1 aliphatic heterocycles. The van der Waals surface area contributed by atoms with Crippen LogP contribution in [0.2, 0.25) is 10.0 Å². The predicted molar refractivity (Wildman–Crippen MR) is 94.0 cm³/mol. The first-order valence-corrected chi connectivity index (χ1v) is 7.95. The van der Waals surface area contributed by atoms with Crippen LogP contribution < -0.4 is 10.9 Å². The van der Waals surface area contributed by atoms with Crippen molar-refractivity contribution in [2.45, 2.75) is 6.42 Å². The third-order valence-electron chi connectivity index (χ3n) is 3.92. The summed E-state index contributed by atoms with van der Waals surface area (Å²) in [6, 6.07) is 12.1. The third-order valence-corrected chi connectivity index (χ3v) is 4.39. The molecule has 0 amide bonds. The second kappa shape index (κ2) is 5.54. The lowest BCUT2D eigenvalue weighted by atomic mass is 9.99. The Hall–Kier alpha value is -2.50. The van der Waals surface area contributed by atoms with Gasteiger partial charge in [-0.05, 0) is 35.9 Å². The number of halogens is 2. The van der Waals surface area contributed by atoms with Gasteiger partial charge in [-0.1, -0.05) is 35.3 Å². The summed E-state index contributed by atoms with van der Waals surface area (Å²) >= 11 is 12.0. The number of anilines is 2. The Balaban J connectivity index is 1.90. The number of nitrogens with zero attached hydrogens (tertiary/aromatic N) is 2. The monoisotopic (exact) mass is 359 g/mol. The molecule has 2 aromatic carbocycles. The molecule has 0 radical (unpaired) electrons. The van der Waals surface area contributed by atoms with E-state index in [1.165, 1.54) is 0 Å². The van der Waals surface area contributed by atoms with Crippen LogP contribution in [0.3, 0.4) is 0 Å². The second-order valence-corrected chi connectivity index (χ2v) is 6.35. The normalized spacial score (nSPS) is 12.2. The summed E-state index contributed by atoms with van der Waals surface area (Å²) in [4.78, 5) is 12.8. The van der Waals surface area contributed by atoms with Crippen LogP contribution >= 0.6 is 23.2 Å². The molecule has 3 aromatic rings. The fourth-order valence-corrected chi connectivity index (χ4v) is 3.14. The van der Waals surface area contributed by atoms with Gasteiger partial charge in [-0.25, -0.2) is 0 Å². The van der Waals surface area contributed by atoms with Gasteiger partial charge in [0.05, 0.1) is 11.3 Å². The predicted octanol–water partition coefficient (Wildman–Crippen LogP) is 3.89. The molecule has 0 atom stereocenters. The van der Waals surface area contributed by atoms with E-state index in [0.29, 0.717) is 33.4 Å². The van der Waals surface area contributed by atoms with E-state index in [2.05, 4.69) is 10.4 Å². The van der Waals surface area contributed by atoms with Gasteiger partial charge in [0, 0.05) is 22.2 Å². The molecule has 0 fully saturated rings. The molecule has 24 heavy (non-hydrogen) atoms. The Morgan fingerprint density at radius 3 is 2.71 bits per heavy atom. The molecule has 0 bridgehead atoms. The van der Waals surface area contributed by atoms with Gasteiger partial charge >= 0.3 is 0 Å². The van der Waals surface area contributed by atoms with Crippen molar-refractivity contribution in [3.63, 3.8) is 0 Å². The van der Waals surface area contributed by atoms with Crippen molar-refractivity contribution in [1.82, 2.24) is 9.78 Å². The van der Waals surface area contributed by atoms with Gasteiger partial charge in [-0.2, -0.15) is 4.68 Å². The van der Waals surface area contributed by atoms with Gasteiger partial charge in [0.2, 0.25) is 0 Å². The standard InChI is InChI=1S/C17H11Cl2N3O2/c18-10-2-1-3-12(7-10)22-17(24)13-6-9-4-5-11(19)8-14(9)20-15(13)16(23)21-22/h1-5,7-8,20H,6H2,(H,21,23). The molecule has 0 spiro atoms. The summed E-state index contributed by atoms with van der Waals surface area (Å²) in [5, 5.41) is 18.4.